The lowest BCUT2D eigenvalue weighted by Crippen LogP contribution is -2.46. The Balaban J connectivity index is 1.70. The monoisotopic (exact) mass is 371 g/mol. The number of hydrogen-bond acceptors (Lipinski definition) is 6. The Bertz CT molecular complexity index is 793. The number of likely N-dealkylation sites (tertiary alicyclic amines) is 1. The van der Waals surface area contributed by atoms with Crippen LogP contribution in [0, 0.1) is 0 Å². The lowest BCUT2D eigenvalue weighted by atomic mass is 10.1. The molecule has 0 unspecified atom stereocenters. The molecule has 3 heterocycles. The summed E-state index contributed by atoms with van der Waals surface area (Å²) in [5, 5.41) is 9.16. The number of carbonyl (C=O) groups is 3. The van der Waals surface area contributed by atoms with E-state index >= 15 is 0 Å². The summed E-state index contributed by atoms with van der Waals surface area (Å²) in [4.78, 5) is 42.9. The molecule has 1 saturated heterocycles. The number of nitrogens with zero attached hydrogens (tertiary/aromatic N) is 3. The molecule has 2 aromatic rings. The smallest absolute Gasteiger partial charge is 0.273 e. The number of likely N-dealkylation sites (N-methyl/N-ethyl adjacent to an activating group) is 1. The van der Waals surface area contributed by atoms with Crippen LogP contribution in [0.15, 0.2) is 41.4 Å². The van der Waals surface area contributed by atoms with Crippen LogP contribution in [-0.4, -0.2) is 57.9 Å². The molecule has 0 radical (unpaired) electrons. The van der Waals surface area contributed by atoms with E-state index in [0.29, 0.717) is 13.0 Å². The van der Waals surface area contributed by atoms with Crippen molar-refractivity contribution in [2.24, 2.45) is 0 Å². The van der Waals surface area contributed by atoms with E-state index in [1.54, 1.807) is 18.5 Å². The molecule has 0 spiro atoms. The van der Waals surface area contributed by atoms with Gasteiger partial charge in [-0.2, -0.15) is 0 Å². The second-order valence-electron chi connectivity index (χ2n) is 6.29. The average Bonchev–Trinajstić information content (AvgIpc) is 3.33. The number of rotatable bonds is 6. The lowest BCUT2D eigenvalue weighted by Gasteiger charge is -2.23. The first-order valence-corrected chi connectivity index (χ1v) is 8.75. The van der Waals surface area contributed by atoms with Crippen molar-refractivity contribution in [2.45, 2.75) is 31.8 Å². The fourth-order valence-electron chi connectivity index (χ4n) is 3.12. The van der Waals surface area contributed by atoms with Crippen molar-refractivity contribution < 1.29 is 18.9 Å². The average molecular weight is 371 g/mol. The van der Waals surface area contributed by atoms with Crippen LogP contribution in [0.2, 0.25) is 0 Å². The van der Waals surface area contributed by atoms with Gasteiger partial charge in [0, 0.05) is 37.6 Å². The minimum atomic E-state index is -0.628. The van der Waals surface area contributed by atoms with Crippen LogP contribution in [0.1, 0.15) is 29.4 Å². The maximum absolute atomic E-state index is 12.8. The first-order valence-electron chi connectivity index (χ1n) is 8.75. The van der Waals surface area contributed by atoms with E-state index in [9.17, 15) is 14.4 Å². The zero-order valence-corrected chi connectivity index (χ0v) is 14.9. The Labute approximate surface area is 156 Å². The molecule has 27 heavy (non-hydrogen) atoms. The first kappa shape index (κ1) is 18.6. The standard InChI is InChI=1S/C18H21N5O4/c1-2-20-18(26)15-9-13(21-17(25)14-5-7-27-22-14)11-23(15)16(24)8-12-4-3-6-19-10-12/h3-7,10,13,15H,2,8-9,11H2,1H3,(H,20,26)(H,21,25)/t13-,15-/m0/s1. The van der Waals surface area contributed by atoms with E-state index in [4.69, 9.17) is 0 Å². The van der Waals surface area contributed by atoms with Gasteiger partial charge in [0.1, 0.15) is 12.3 Å². The summed E-state index contributed by atoms with van der Waals surface area (Å²) in [6, 6.07) is 4.05. The van der Waals surface area contributed by atoms with Crippen molar-refractivity contribution in [3.63, 3.8) is 0 Å². The summed E-state index contributed by atoms with van der Waals surface area (Å²) in [6.45, 7) is 2.54. The molecule has 9 nitrogen and oxygen atoms in total. The number of aromatic nitrogens is 2. The number of amides is 3. The van der Waals surface area contributed by atoms with Crippen LogP contribution >= 0.6 is 0 Å². The van der Waals surface area contributed by atoms with Crippen LogP contribution in [0.5, 0.6) is 0 Å². The summed E-state index contributed by atoms with van der Waals surface area (Å²) < 4.78 is 4.67. The van der Waals surface area contributed by atoms with Crippen molar-refractivity contribution in [3.8, 4) is 0 Å². The second kappa shape index (κ2) is 8.43. The molecule has 1 fully saturated rings. The molecule has 3 rings (SSSR count). The van der Waals surface area contributed by atoms with Gasteiger partial charge >= 0.3 is 0 Å². The molecule has 0 saturated carbocycles. The Kier molecular flexibility index (Phi) is 5.80. The molecular weight excluding hydrogens is 350 g/mol. The van der Waals surface area contributed by atoms with Gasteiger partial charge in [0.05, 0.1) is 6.42 Å². The van der Waals surface area contributed by atoms with Gasteiger partial charge < -0.3 is 20.1 Å². The maximum atomic E-state index is 12.8. The third-order valence-electron chi connectivity index (χ3n) is 4.36. The van der Waals surface area contributed by atoms with Crippen molar-refractivity contribution in [1.82, 2.24) is 25.7 Å². The molecule has 2 N–H and O–H groups in total. The quantitative estimate of drug-likeness (QED) is 0.746. The largest absolute Gasteiger partial charge is 0.364 e. The molecule has 0 aliphatic carbocycles. The van der Waals surface area contributed by atoms with Gasteiger partial charge in [-0.25, -0.2) is 0 Å². The van der Waals surface area contributed by atoms with Crippen LogP contribution < -0.4 is 10.6 Å². The van der Waals surface area contributed by atoms with E-state index in [0.717, 1.165) is 5.56 Å². The predicted molar refractivity (Wildman–Crippen MR) is 94.5 cm³/mol. The number of carbonyl (C=O) groups excluding carboxylic acids is 3. The number of nitrogens with one attached hydrogen (secondary N) is 2. The Hall–Kier alpha value is -3.23. The van der Waals surface area contributed by atoms with E-state index < -0.39 is 11.9 Å². The van der Waals surface area contributed by atoms with E-state index in [2.05, 4.69) is 25.3 Å². The van der Waals surface area contributed by atoms with Crippen molar-refractivity contribution in [1.29, 1.82) is 0 Å². The number of hydrogen-bond donors (Lipinski definition) is 2. The summed E-state index contributed by atoms with van der Waals surface area (Å²) in [7, 11) is 0. The fourth-order valence-corrected chi connectivity index (χ4v) is 3.12. The highest BCUT2D eigenvalue weighted by molar-refractivity contribution is 5.93. The van der Waals surface area contributed by atoms with Crippen LogP contribution in [-0.2, 0) is 16.0 Å². The maximum Gasteiger partial charge on any atom is 0.273 e. The molecule has 142 valence electrons. The molecule has 9 heteroatoms. The Morgan fingerprint density at radius 1 is 1.33 bits per heavy atom. The molecule has 1 aliphatic rings. The zero-order chi connectivity index (χ0) is 19.2. The van der Waals surface area contributed by atoms with Gasteiger partial charge in [0.25, 0.3) is 5.91 Å². The summed E-state index contributed by atoms with van der Waals surface area (Å²) >= 11 is 0. The Morgan fingerprint density at radius 2 is 2.19 bits per heavy atom. The molecule has 0 bridgehead atoms. The summed E-state index contributed by atoms with van der Waals surface area (Å²) in [6.07, 6.45) is 5.06. The highest BCUT2D eigenvalue weighted by Crippen LogP contribution is 2.20. The number of pyridine rings is 1. The molecule has 1 aliphatic heterocycles. The Morgan fingerprint density at radius 3 is 2.85 bits per heavy atom. The predicted octanol–water partition coefficient (Wildman–Crippen LogP) is 0.148. The molecule has 3 amide bonds. The van der Waals surface area contributed by atoms with Gasteiger partial charge in [0.2, 0.25) is 11.8 Å². The van der Waals surface area contributed by atoms with Gasteiger partial charge in [0.15, 0.2) is 5.69 Å². The highest BCUT2D eigenvalue weighted by Gasteiger charge is 2.40. The summed E-state index contributed by atoms with van der Waals surface area (Å²) in [5.74, 6) is -0.808. The van der Waals surface area contributed by atoms with Crippen molar-refractivity contribution >= 4 is 17.7 Å². The van der Waals surface area contributed by atoms with E-state index in [1.807, 2.05) is 13.0 Å². The van der Waals surface area contributed by atoms with Crippen molar-refractivity contribution in [3.05, 3.63) is 48.1 Å². The van der Waals surface area contributed by atoms with Gasteiger partial charge in [-0.15, -0.1) is 0 Å². The van der Waals surface area contributed by atoms with Crippen LogP contribution in [0.25, 0.3) is 0 Å². The minimum Gasteiger partial charge on any atom is -0.364 e. The molecule has 2 aromatic heterocycles. The van der Waals surface area contributed by atoms with Crippen LogP contribution in [0.3, 0.4) is 0 Å². The molecule has 0 aromatic carbocycles. The van der Waals surface area contributed by atoms with Gasteiger partial charge in [-0.3, -0.25) is 19.4 Å². The normalized spacial score (nSPS) is 18.9. The van der Waals surface area contributed by atoms with Crippen LogP contribution in [0.4, 0.5) is 0 Å². The van der Waals surface area contributed by atoms with Crippen molar-refractivity contribution in [2.75, 3.05) is 13.1 Å². The second-order valence-corrected chi connectivity index (χ2v) is 6.29. The fraction of sp³-hybridized carbons (Fsp3) is 0.389. The SMILES string of the molecule is CCNC(=O)[C@@H]1C[C@H](NC(=O)c2ccon2)CN1C(=O)Cc1cccnc1. The molecule has 2 atom stereocenters. The van der Waals surface area contributed by atoms with Gasteiger partial charge in [-0.05, 0) is 25.0 Å². The van der Waals surface area contributed by atoms with E-state index in [-0.39, 0.29) is 36.5 Å². The zero-order valence-electron chi connectivity index (χ0n) is 14.9. The minimum absolute atomic E-state index is 0.147. The summed E-state index contributed by atoms with van der Waals surface area (Å²) in [5.41, 5.74) is 0.928. The third-order valence-corrected chi connectivity index (χ3v) is 4.36. The molecular formula is C18H21N5O4. The first-order chi connectivity index (χ1) is 13.1. The van der Waals surface area contributed by atoms with Gasteiger partial charge in [-0.1, -0.05) is 11.2 Å². The lowest BCUT2D eigenvalue weighted by molar-refractivity contribution is -0.137. The topological polar surface area (TPSA) is 117 Å². The van der Waals surface area contributed by atoms with E-state index in [1.165, 1.54) is 17.2 Å². The third kappa shape index (κ3) is 4.49. The highest BCUT2D eigenvalue weighted by atomic mass is 16.5.